The smallest absolute Gasteiger partial charge is 0.255 e. The van der Waals surface area contributed by atoms with E-state index in [1.54, 1.807) is 17.4 Å². The van der Waals surface area contributed by atoms with Gasteiger partial charge >= 0.3 is 0 Å². The molecule has 27 heavy (non-hydrogen) atoms. The number of aromatic amines is 1. The standard InChI is InChI=1S/C20H21N5O2/c1-12-4-3-5-15-16(8-13(2)24-18(12)15)20(27)25-7-6-22-19(26)17(25)9-14-10-21-11-23-14/h3-5,8,10-11,17H,6-7,9H2,1-2H3,(H,21,23)(H,22,26)/t17-/m1/s1. The number of hydrogen-bond donors (Lipinski definition) is 2. The second-order valence-electron chi connectivity index (χ2n) is 6.87. The number of piperazine rings is 1. The molecule has 7 heteroatoms. The molecule has 0 radical (unpaired) electrons. The van der Waals surface area contributed by atoms with Crippen molar-refractivity contribution in [2.45, 2.75) is 26.3 Å². The summed E-state index contributed by atoms with van der Waals surface area (Å²) in [5.74, 6) is -0.286. The topological polar surface area (TPSA) is 91.0 Å². The second-order valence-corrected chi connectivity index (χ2v) is 6.87. The summed E-state index contributed by atoms with van der Waals surface area (Å²) < 4.78 is 0. The Bertz CT molecular complexity index is 1010. The SMILES string of the molecule is Cc1cc(C(=O)N2CCNC(=O)[C@H]2Cc2cnc[nH]2)c2cccc(C)c2n1. The number of nitrogens with one attached hydrogen (secondary N) is 2. The van der Waals surface area contributed by atoms with Crippen molar-refractivity contribution >= 4 is 22.7 Å². The molecule has 1 aromatic carbocycles. The Balaban J connectivity index is 1.75. The lowest BCUT2D eigenvalue weighted by Crippen LogP contribution is -2.58. The molecular weight excluding hydrogens is 342 g/mol. The first-order valence-corrected chi connectivity index (χ1v) is 8.97. The van der Waals surface area contributed by atoms with Crippen molar-refractivity contribution in [1.82, 2.24) is 25.2 Å². The van der Waals surface area contributed by atoms with Crippen LogP contribution in [0.2, 0.25) is 0 Å². The third-order valence-electron chi connectivity index (χ3n) is 4.96. The molecule has 1 saturated heterocycles. The number of imidazole rings is 1. The van der Waals surface area contributed by atoms with Gasteiger partial charge in [0.1, 0.15) is 6.04 Å². The largest absolute Gasteiger partial charge is 0.353 e. The number of amides is 2. The van der Waals surface area contributed by atoms with Gasteiger partial charge in [-0.15, -0.1) is 0 Å². The summed E-state index contributed by atoms with van der Waals surface area (Å²) in [6, 6.07) is 7.06. The Morgan fingerprint density at radius 1 is 1.33 bits per heavy atom. The number of rotatable bonds is 3. The predicted molar refractivity (Wildman–Crippen MR) is 101 cm³/mol. The average molecular weight is 363 g/mol. The molecule has 2 amide bonds. The number of aromatic nitrogens is 3. The lowest BCUT2D eigenvalue weighted by molar-refractivity contribution is -0.127. The van der Waals surface area contributed by atoms with Crippen LogP contribution in [-0.4, -0.2) is 50.8 Å². The number of benzene rings is 1. The summed E-state index contributed by atoms with van der Waals surface area (Å²) in [5, 5.41) is 3.68. The van der Waals surface area contributed by atoms with Gasteiger partial charge in [-0.3, -0.25) is 14.6 Å². The van der Waals surface area contributed by atoms with E-state index in [9.17, 15) is 9.59 Å². The molecule has 3 heterocycles. The highest BCUT2D eigenvalue weighted by Crippen LogP contribution is 2.24. The number of H-pyrrole nitrogens is 1. The van der Waals surface area contributed by atoms with E-state index in [2.05, 4.69) is 20.3 Å². The van der Waals surface area contributed by atoms with Gasteiger partial charge in [-0.1, -0.05) is 18.2 Å². The summed E-state index contributed by atoms with van der Waals surface area (Å²) in [7, 11) is 0. The average Bonchev–Trinajstić information content (AvgIpc) is 3.16. The normalized spacial score (nSPS) is 17.2. The fraction of sp³-hybridized carbons (Fsp3) is 0.300. The van der Waals surface area contributed by atoms with E-state index < -0.39 is 6.04 Å². The van der Waals surface area contributed by atoms with E-state index in [0.717, 1.165) is 27.9 Å². The van der Waals surface area contributed by atoms with Crippen LogP contribution in [0.4, 0.5) is 0 Å². The molecule has 138 valence electrons. The molecule has 0 saturated carbocycles. The highest BCUT2D eigenvalue weighted by molar-refractivity contribution is 6.08. The summed E-state index contributed by atoms with van der Waals surface area (Å²) >= 11 is 0. The van der Waals surface area contributed by atoms with E-state index in [1.807, 2.05) is 38.1 Å². The zero-order valence-electron chi connectivity index (χ0n) is 15.3. The van der Waals surface area contributed by atoms with Crippen LogP contribution in [0.5, 0.6) is 0 Å². The first kappa shape index (κ1) is 17.2. The van der Waals surface area contributed by atoms with Crippen molar-refractivity contribution < 1.29 is 9.59 Å². The summed E-state index contributed by atoms with van der Waals surface area (Å²) in [6.45, 7) is 4.79. The van der Waals surface area contributed by atoms with Gasteiger partial charge in [0.25, 0.3) is 5.91 Å². The highest BCUT2D eigenvalue weighted by Gasteiger charge is 2.34. The maximum absolute atomic E-state index is 13.5. The van der Waals surface area contributed by atoms with Crippen molar-refractivity contribution in [1.29, 1.82) is 0 Å². The monoisotopic (exact) mass is 363 g/mol. The number of pyridine rings is 1. The lowest BCUT2D eigenvalue weighted by atomic mass is 10.0. The predicted octanol–water partition coefficient (Wildman–Crippen LogP) is 1.76. The third-order valence-corrected chi connectivity index (χ3v) is 4.96. The van der Waals surface area contributed by atoms with Gasteiger partial charge in [0.05, 0.1) is 17.4 Å². The number of carbonyl (C=O) groups excluding carboxylic acids is 2. The minimum atomic E-state index is -0.569. The number of para-hydroxylation sites is 1. The number of fused-ring (bicyclic) bond motifs is 1. The molecule has 0 bridgehead atoms. The van der Waals surface area contributed by atoms with Gasteiger partial charge in [-0.2, -0.15) is 0 Å². The molecule has 3 aromatic rings. The van der Waals surface area contributed by atoms with Gasteiger partial charge in [-0.05, 0) is 25.5 Å². The van der Waals surface area contributed by atoms with Gasteiger partial charge in [0.15, 0.2) is 0 Å². The van der Waals surface area contributed by atoms with Crippen molar-refractivity contribution in [3.8, 4) is 0 Å². The highest BCUT2D eigenvalue weighted by atomic mass is 16.2. The second kappa shape index (κ2) is 6.83. The van der Waals surface area contributed by atoms with Crippen LogP contribution in [0, 0.1) is 13.8 Å². The number of carbonyl (C=O) groups is 2. The van der Waals surface area contributed by atoms with Gasteiger partial charge in [0, 0.05) is 42.5 Å². The van der Waals surface area contributed by atoms with E-state index >= 15 is 0 Å². The van der Waals surface area contributed by atoms with Crippen LogP contribution in [0.3, 0.4) is 0 Å². The van der Waals surface area contributed by atoms with Gasteiger partial charge in [0.2, 0.25) is 5.91 Å². The Kier molecular flexibility index (Phi) is 4.35. The number of aryl methyl sites for hydroxylation is 2. The fourth-order valence-electron chi connectivity index (χ4n) is 3.62. The van der Waals surface area contributed by atoms with Crippen molar-refractivity contribution in [3.05, 3.63) is 59.3 Å². The zero-order chi connectivity index (χ0) is 19.0. The Morgan fingerprint density at radius 2 is 2.19 bits per heavy atom. The van der Waals surface area contributed by atoms with Crippen LogP contribution in [0.1, 0.15) is 27.3 Å². The number of hydrogen-bond acceptors (Lipinski definition) is 4. The molecule has 1 aliphatic heterocycles. The van der Waals surface area contributed by atoms with Crippen LogP contribution in [-0.2, 0) is 11.2 Å². The van der Waals surface area contributed by atoms with Crippen LogP contribution >= 0.6 is 0 Å². The molecule has 1 fully saturated rings. The molecule has 4 rings (SSSR count). The molecule has 2 aromatic heterocycles. The van der Waals surface area contributed by atoms with Gasteiger partial charge < -0.3 is 15.2 Å². The zero-order valence-corrected chi connectivity index (χ0v) is 15.3. The Hall–Kier alpha value is -3.22. The molecule has 1 aliphatic rings. The van der Waals surface area contributed by atoms with Crippen molar-refractivity contribution in [3.63, 3.8) is 0 Å². The van der Waals surface area contributed by atoms with Crippen LogP contribution in [0.25, 0.3) is 10.9 Å². The van der Waals surface area contributed by atoms with Gasteiger partial charge in [-0.25, -0.2) is 4.98 Å². The Morgan fingerprint density at radius 3 is 2.96 bits per heavy atom. The van der Waals surface area contributed by atoms with E-state index in [0.29, 0.717) is 25.1 Å². The van der Waals surface area contributed by atoms with E-state index in [-0.39, 0.29) is 11.8 Å². The quantitative estimate of drug-likeness (QED) is 0.742. The summed E-state index contributed by atoms with van der Waals surface area (Å²) in [6.07, 6.45) is 3.66. The molecule has 2 N–H and O–H groups in total. The van der Waals surface area contributed by atoms with Crippen molar-refractivity contribution in [2.75, 3.05) is 13.1 Å². The maximum Gasteiger partial charge on any atom is 0.255 e. The summed E-state index contributed by atoms with van der Waals surface area (Å²) in [4.78, 5) is 39.2. The molecule has 0 aliphatic carbocycles. The molecule has 1 atom stereocenters. The molecule has 7 nitrogen and oxygen atoms in total. The van der Waals surface area contributed by atoms with Crippen molar-refractivity contribution in [2.24, 2.45) is 0 Å². The minimum absolute atomic E-state index is 0.143. The summed E-state index contributed by atoms with van der Waals surface area (Å²) in [5.41, 5.74) is 4.04. The lowest BCUT2D eigenvalue weighted by Gasteiger charge is -2.35. The minimum Gasteiger partial charge on any atom is -0.353 e. The first-order valence-electron chi connectivity index (χ1n) is 8.97. The fourth-order valence-corrected chi connectivity index (χ4v) is 3.62. The first-order chi connectivity index (χ1) is 13.0. The van der Waals surface area contributed by atoms with E-state index in [1.165, 1.54) is 0 Å². The Labute approximate surface area is 156 Å². The van der Waals surface area contributed by atoms with Crippen LogP contribution in [0.15, 0.2) is 36.8 Å². The maximum atomic E-state index is 13.5. The molecule has 0 spiro atoms. The van der Waals surface area contributed by atoms with Crippen LogP contribution < -0.4 is 5.32 Å². The third kappa shape index (κ3) is 3.16. The van der Waals surface area contributed by atoms with E-state index in [4.69, 9.17) is 0 Å². The molecular formula is C20H21N5O2. The molecule has 0 unspecified atom stereocenters. The number of nitrogens with zero attached hydrogens (tertiary/aromatic N) is 3.